The lowest BCUT2D eigenvalue weighted by atomic mass is 10.2. The molecule has 0 bridgehead atoms. The number of para-hydroxylation sites is 1. The molecule has 1 aliphatic rings. The summed E-state index contributed by atoms with van der Waals surface area (Å²) in [6.07, 6.45) is 0. The first-order chi connectivity index (χ1) is 15.1. The zero-order valence-corrected chi connectivity index (χ0v) is 17.7. The Hall–Kier alpha value is -3.52. The normalized spacial score (nSPS) is 14.5. The van der Waals surface area contributed by atoms with Crippen molar-refractivity contribution in [3.8, 4) is 5.75 Å². The average molecular weight is 422 g/mol. The molecule has 8 nitrogen and oxygen atoms in total. The van der Waals surface area contributed by atoms with E-state index in [9.17, 15) is 9.59 Å². The largest absolute Gasteiger partial charge is 0.497 e. The van der Waals surface area contributed by atoms with E-state index in [0.29, 0.717) is 5.69 Å². The molecule has 2 aromatic carbocycles. The van der Waals surface area contributed by atoms with E-state index in [1.54, 1.807) is 7.11 Å². The van der Waals surface area contributed by atoms with Gasteiger partial charge in [0.15, 0.2) is 0 Å². The highest BCUT2D eigenvalue weighted by Gasteiger charge is 2.23. The SMILES string of the molecule is COC(=O)c1[nH]c2ccccc2c1NC(=O)CN1CCN(c2ccc(OC)cc2)CC1. The third-order valence-corrected chi connectivity index (χ3v) is 5.54. The number of nitrogens with zero attached hydrogens (tertiary/aromatic N) is 2. The fourth-order valence-corrected chi connectivity index (χ4v) is 3.87. The summed E-state index contributed by atoms with van der Waals surface area (Å²) in [4.78, 5) is 32.4. The van der Waals surface area contributed by atoms with Gasteiger partial charge in [0.05, 0.1) is 26.5 Å². The molecule has 1 saturated heterocycles. The van der Waals surface area contributed by atoms with Crippen LogP contribution < -0.4 is 15.0 Å². The van der Waals surface area contributed by atoms with E-state index in [-0.39, 0.29) is 18.1 Å². The molecular weight excluding hydrogens is 396 g/mol. The Kier molecular flexibility index (Phi) is 6.08. The van der Waals surface area contributed by atoms with Crippen LogP contribution >= 0.6 is 0 Å². The number of aromatic amines is 1. The van der Waals surface area contributed by atoms with Crippen LogP contribution in [0.3, 0.4) is 0 Å². The van der Waals surface area contributed by atoms with Crippen LogP contribution in [0.5, 0.6) is 5.75 Å². The number of hydrogen-bond acceptors (Lipinski definition) is 6. The van der Waals surface area contributed by atoms with Crippen LogP contribution in [0.15, 0.2) is 48.5 Å². The summed E-state index contributed by atoms with van der Waals surface area (Å²) in [5.74, 6) is 0.162. The smallest absolute Gasteiger partial charge is 0.356 e. The van der Waals surface area contributed by atoms with Crippen LogP contribution in [0.4, 0.5) is 11.4 Å². The van der Waals surface area contributed by atoms with Crippen LogP contribution in [-0.4, -0.2) is 68.7 Å². The van der Waals surface area contributed by atoms with Gasteiger partial charge in [-0.05, 0) is 30.3 Å². The molecule has 2 N–H and O–H groups in total. The number of esters is 1. The topological polar surface area (TPSA) is 86.9 Å². The molecule has 0 saturated carbocycles. The second kappa shape index (κ2) is 9.09. The number of benzene rings is 2. The van der Waals surface area contributed by atoms with Crippen molar-refractivity contribution in [1.29, 1.82) is 0 Å². The summed E-state index contributed by atoms with van der Waals surface area (Å²) < 4.78 is 10.1. The van der Waals surface area contributed by atoms with E-state index in [4.69, 9.17) is 9.47 Å². The van der Waals surface area contributed by atoms with Gasteiger partial charge in [-0.3, -0.25) is 9.69 Å². The third kappa shape index (κ3) is 4.49. The Morgan fingerprint density at radius 1 is 1.00 bits per heavy atom. The van der Waals surface area contributed by atoms with Crippen molar-refractivity contribution in [1.82, 2.24) is 9.88 Å². The van der Waals surface area contributed by atoms with Gasteiger partial charge < -0.3 is 24.7 Å². The van der Waals surface area contributed by atoms with Crippen molar-refractivity contribution in [3.05, 3.63) is 54.2 Å². The molecule has 0 radical (unpaired) electrons. The maximum Gasteiger partial charge on any atom is 0.356 e. The van der Waals surface area contributed by atoms with Crippen LogP contribution in [0.1, 0.15) is 10.5 Å². The van der Waals surface area contributed by atoms with Gasteiger partial charge in [0, 0.05) is 42.8 Å². The molecule has 8 heteroatoms. The number of amides is 1. The van der Waals surface area contributed by atoms with E-state index in [2.05, 4.69) is 20.1 Å². The first-order valence-electron chi connectivity index (χ1n) is 10.2. The molecular formula is C23H26N4O4. The Labute approximate surface area is 180 Å². The number of carbonyl (C=O) groups excluding carboxylic acids is 2. The first kappa shape index (κ1) is 20.7. The van der Waals surface area contributed by atoms with Gasteiger partial charge in [-0.25, -0.2) is 4.79 Å². The number of hydrogen-bond donors (Lipinski definition) is 2. The van der Waals surface area contributed by atoms with E-state index < -0.39 is 5.97 Å². The second-order valence-corrected chi connectivity index (χ2v) is 7.42. The summed E-state index contributed by atoms with van der Waals surface area (Å²) in [5, 5.41) is 3.69. The molecule has 4 rings (SSSR count). The lowest BCUT2D eigenvalue weighted by Gasteiger charge is -2.35. The van der Waals surface area contributed by atoms with Gasteiger partial charge in [0.25, 0.3) is 0 Å². The molecule has 0 unspecified atom stereocenters. The van der Waals surface area contributed by atoms with Crippen LogP contribution in [0.2, 0.25) is 0 Å². The summed E-state index contributed by atoms with van der Waals surface area (Å²) >= 11 is 0. The number of ether oxygens (including phenoxy) is 2. The number of anilines is 2. The summed E-state index contributed by atoms with van der Waals surface area (Å²) in [6.45, 7) is 3.48. The van der Waals surface area contributed by atoms with Crippen molar-refractivity contribution in [2.45, 2.75) is 0 Å². The maximum absolute atomic E-state index is 12.8. The lowest BCUT2D eigenvalue weighted by Crippen LogP contribution is -2.48. The van der Waals surface area contributed by atoms with Crippen molar-refractivity contribution in [3.63, 3.8) is 0 Å². The maximum atomic E-state index is 12.8. The average Bonchev–Trinajstić information content (AvgIpc) is 3.17. The van der Waals surface area contributed by atoms with Gasteiger partial charge in [-0.15, -0.1) is 0 Å². The van der Waals surface area contributed by atoms with Gasteiger partial charge in [0.1, 0.15) is 11.4 Å². The van der Waals surface area contributed by atoms with Crippen molar-refractivity contribution in [2.75, 3.05) is 57.2 Å². The molecule has 0 spiro atoms. The predicted molar refractivity (Wildman–Crippen MR) is 120 cm³/mol. The highest BCUT2D eigenvalue weighted by molar-refractivity contribution is 6.11. The fourth-order valence-electron chi connectivity index (χ4n) is 3.87. The number of piperazine rings is 1. The standard InChI is InChI=1S/C23H26N4O4/c1-30-17-9-7-16(8-10-17)27-13-11-26(12-14-27)15-20(28)25-21-18-5-3-4-6-19(18)24-22(21)23(29)31-2/h3-10,24H,11-15H2,1-2H3,(H,25,28). The Morgan fingerprint density at radius 2 is 1.71 bits per heavy atom. The highest BCUT2D eigenvalue weighted by Crippen LogP contribution is 2.28. The number of fused-ring (bicyclic) bond motifs is 1. The number of carbonyl (C=O) groups is 2. The van der Waals surface area contributed by atoms with Crippen LogP contribution in [0.25, 0.3) is 10.9 Å². The molecule has 31 heavy (non-hydrogen) atoms. The number of H-pyrrole nitrogens is 1. The lowest BCUT2D eigenvalue weighted by molar-refractivity contribution is -0.117. The van der Waals surface area contributed by atoms with E-state index in [1.165, 1.54) is 7.11 Å². The highest BCUT2D eigenvalue weighted by atomic mass is 16.5. The number of rotatable bonds is 6. The number of nitrogens with one attached hydrogen (secondary N) is 2. The van der Waals surface area contributed by atoms with Crippen LogP contribution in [0, 0.1) is 0 Å². The summed E-state index contributed by atoms with van der Waals surface area (Å²) in [5.41, 5.74) is 2.63. The van der Waals surface area contributed by atoms with E-state index in [0.717, 1.165) is 48.5 Å². The molecule has 1 amide bonds. The minimum absolute atomic E-state index is 0.159. The van der Waals surface area contributed by atoms with Crippen molar-refractivity contribution < 1.29 is 19.1 Å². The third-order valence-electron chi connectivity index (χ3n) is 5.54. The Balaban J connectivity index is 1.38. The molecule has 0 aliphatic carbocycles. The molecule has 162 valence electrons. The fraction of sp³-hybridized carbons (Fsp3) is 0.304. The Bertz CT molecular complexity index is 1070. The van der Waals surface area contributed by atoms with Gasteiger partial charge in [0.2, 0.25) is 5.91 Å². The van der Waals surface area contributed by atoms with Gasteiger partial charge in [-0.2, -0.15) is 0 Å². The minimum atomic E-state index is -0.514. The van der Waals surface area contributed by atoms with E-state index >= 15 is 0 Å². The molecule has 0 atom stereocenters. The zero-order valence-electron chi connectivity index (χ0n) is 17.7. The molecule has 2 heterocycles. The zero-order chi connectivity index (χ0) is 21.8. The van der Waals surface area contributed by atoms with Gasteiger partial charge in [-0.1, -0.05) is 18.2 Å². The number of aromatic nitrogens is 1. The summed E-state index contributed by atoms with van der Waals surface area (Å²) in [7, 11) is 2.98. The predicted octanol–water partition coefficient (Wildman–Crippen LogP) is 2.72. The van der Waals surface area contributed by atoms with Crippen molar-refractivity contribution in [2.24, 2.45) is 0 Å². The quantitative estimate of drug-likeness (QED) is 0.594. The number of methoxy groups -OCH3 is 2. The molecule has 3 aromatic rings. The van der Waals surface area contributed by atoms with E-state index in [1.807, 2.05) is 48.5 Å². The van der Waals surface area contributed by atoms with Crippen molar-refractivity contribution >= 4 is 34.2 Å². The molecule has 1 fully saturated rings. The summed E-state index contributed by atoms with van der Waals surface area (Å²) in [6, 6.07) is 15.5. The monoisotopic (exact) mass is 422 g/mol. The minimum Gasteiger partial charge on any atom is -0.497 e. The van der Waals surface area contributed by atoms with Crippen LogP contribution in [-0.2, 0) is 9.53 Å². The van der Waals surface area contributed by atoms with Gasteiger partial charge >= 0.3 is 5.97 Å². The molecule has 1 aliphatic heterocycles. The molecule has 1 aromatic heterocycles. The second-order valence-electron chi connectivity index (χ2n) is 7.42. The first-order valence-corrected chi connectivity index (χ1v) is 10.2. The Morgan fingerprint density at radius 3 is 2.39 bits per heavy atom.